The van der Waals surface area contributed by atoms with Gasteiger partial charge in [0.25, 0.3) is 0 Å². The summed E-state index contributed by atoms with van der Waals surface area (Å²) in [5.74, 6) is 0. The van der Waals surface area contributed by atoms with Gasteiger partial charge < -0.3 is 10.4 Å². The van der Waals surface area contributed by atoms with Crippen LogP contribution in [0.3, 0.4) is 0 Å². The number of hydrogen-bond donors (Lipinski definition) is 2. The summed E-state index contributed by atoms with van der Waals surface area (Å²) >= 11 is 0. The van der Waals surface area contributed by atoms with E-state index in [1.807, 2.05) is 13.0 Å². The largest absolute Gasteiger partial charge is 0.393 e. The van der Waals surface area contributed by atoms with E-state index in [-0.39, 0.29) is 16.9 Å². The third-order valence-corrected chi connectivity index (χ3v) is 6.58. The molecular formula is C25H35NO. The fraction of sp³-hybridized carbons (Fsp3) is 0.520. The minimum absolute atomic E-state index is 0.178. The molecule has 0 saturated carbocycles. The van der Waals surface area contributed by atoms with E-state index in [1.54, 1.807) is 0 Å². The molecule has 1 aliphatic rings. The highest BCUT2D eigenvalue weighted by molar-refractivity contribution is 5.35. The molecule has 0 amide bonds. The smallest absolute Gasteiger partial charge is 0.0581 e. The van der Waals surface area contributed by atoms with Gasteiger partial charge in [0.05, 0.1) is 6.10 Å². The summed E-state index contributed by atoms with van der Waals surface area (Å²) in [6.45, 7) is 9.68. The van der Waals surface area contributed by atoms with Crippen molar-refractivity contribution in [3.8, 4) is 0 Å². The van der Waals surface area contributed by atoms with Gasteiger partial charge in [-0.15, -0.1) is 0 Å². The standard InChI is InChI=1S/C25H35NO/c1-19(27)25(4,17-20-10-6-5-7-11-20)18-26-22-14-15-24(2,3)23-13-9-8-12-21(23)16-22/h5-13,19,22,26-27H,14-18H2,1-4H3. The summed E-state index contributed by atoms with van der Waals surface area (Å²) in [5, 5.41) is 14.3. The maximum absolute atomic E-state index is 10.5. The molecule has 27 heavy (non-hydrogen) atoms. The van der Waals surface area contributed by atoms with Gasteiger partial charge in [0, 0.05) is 18.0 Å². The lowest BCUT2D eigenvalue weighted by Crippen LogP contribution is -2.45. The van der Waals surface area contributed by atoms with Crippen molar-refractivity contribution in [3.63, 3.8) is 0 Å². The summed E-state index contributed by atoms with van der Waals surface area (Å²) in [5.41, 5.74) is 4.30. The Hall–Kier alpha value is -1.64. The lowest BCUT2D eigenvalue weighted by Gasteiger charge is -2.35. The molecule has 3 atom stereocenters. The van der Waals surface area contributed by atoms with Crippen molar-refractivity contribution in [2.45, 2.75) is 70.9 Å². The fourth-order valence-corrected chi connectivity index (χ4v) is 4.37. The van der Waals surface area contributed by atoms with Crippen LogP contribution in [0.4, 0.5) is 0 Å². The predicted octanol–water partition coefficient (Wildman–Crippen LogP) is 4.89. The zero-order chi connectivity index (χ0) is 19.5. The summed E-state index contributed by atoms with van der Waals surface area (Å²) in [6, 6.07) is 19.9. The van der Waals surface area contributed by atoms with Crippen LogP contribution in [0.2, 0.25) is 0 Å². The average Bonchev–Trinajstić information content (AvgIpc) is 2.77. The molecule has 0 bridgehead atoms. The summed E-state index contributed by atoms with van der Waals surface area (Å²) in [4.78, 5) is 0. The van der Waals surface area contributed by atoms with Gasteiger partial charge in [-0.2, -0.15) is 0 Å². The summed E-state index contributed by atoms with van der Waals surface area (Å²) in [7, 11) is 0. The maximum Gasteiger partial charge on any atom is 0.0581 e. The zero-order valence-corrected chi connectivity index (χ0v) is 17.3. The van der Waals surface area contributed by atoms with E-state index >= 15 is 0 Å². The first-order chi connectivity index (χ1) is 12.8. The van der Waals surface area contributed by atoms with E-state index in [4.69, 9.17) is 0 Å². The van der Waals surface area contributed by atoms with Gasteiger partial charge in [0.2, 0.25) is 0 Å². The molecule has 2 aromatic carbocycles. The lowest BCUT2D eigenvalue weighted by atomic mass is 9.78. The average molecular weight is 366 g/mol. The Balaban J connectivity index is 1.71. The first-order valence-electron chi connectivity index (χ1n) is 10.3. The molecule has 1 aliphatic carbocycles. The second kappa shape index (κ2) is 8.16. The topological polar surface area (TPSA) is 32.3 Å². The predicted molar refractivity (Wildman–Crippen MR) is 114 cm³/mol. The van der Waals surface area contributed by atoms with Gasteiger partial charge >= 0.3 is 0 Å². The Morgan fingerprint density at radius 2 is 1.78 bits per heavy atom. The molecule has 0 aromatic heterocycles. The van der Waals surface area contributed by atoms with Gasteiger partial charge in [-0.1, -0.05) is 75.4 Å². The molecule has 3 unspecified atom stereocenters. The van der Waals surface area contributed by atoms with E-state index < -0.39 is 0 Å². The Kier molecular flexibility index (Phi) is 6.08. The number of fused-ring (bicyclic) bond motifs is 1. The van der Waals surface area contributed by atoms with Crippen molar-refractivity contribution in [1.82, 2.24) is 5.32 Å². The first-order valence-corrected chi connectivity index (χ1v) is 10.3. The minimum Gasteiger partial charge on any atom is -0.393 e. The molecule has 0 aliphatic heterocycles. The number of benzene rings is 2. The quantitative estimate of drug-likeness (QED) is 0.715. The SMILES string of the molecule is CC(O)C(C)(CNC1CCC(C)(C)c2ccccc2C1)Cc1ccccc1. The summed E-state index contributed by atoms with van der Waals surface area (Å²) in [6.07, 6.45) is 3.95. The highest BCUT2D eigenvalue weighted by atomic mass is 16.3. The molecule has 2 aromatic rings. The van der Waals surface area contributed by atoms with Gasteiger partial charge in [0.15, 0.2) is 0 Å². The number of rotatable bonds is 6. The van der Waals surface area contributed by atoms with E-state index in [0.29, 0.717) is 6.04 Å². The number of nitrogens with one attached hydrogen (secondary N) is 1. The minimum atomic E-state index is -0.361. The molecule has 2 heteroatoms. The van der Waals surface area contributed by atoms with Crippen LogP contribution in [0.5, 0.6) is 0 Å². The van der Waals surface area contributed by atoms with Gasteiger partial charge in [-0.05, 0) is 54.7 Å². The molecule has 2 nitrogen and oxygen atoms in total. The Morgan fingerprint density at radius 1 is 1.11 bits per heavy atom. The van der Waals surface area contributed by atoms with E-state index in [1.165, 1.54) is 29.5 Å². The fourth-order valence-electron chi connectivity index (χ4n) is 4.37. The van der Waals surface area contributed by atoms with Gasteiger partial charge in [-0.3, -0.25) is 0 Å². The molecule has 2 N–H and O–H groups in total. The van der Waals surface area contributed by atoms with Gasteiger partial charge in [-0.25, -0.2) is 0 Å². The van der Waals surface area contributed by atoms with Crippen molar-refractivity contribution in [2.75, 3.05) is 6.54 Å². The Labute approximate surface area is 165 Å². The molecule has 0 saturated heterocycles. The second-order valence-electron chi connectivity index (χ2n) is 9.35. The third kappa shape index (κ3) is 4.80. The molecule has 0 fully saturated rings. The monoisotopic (exact) mass is 365 g/mol. The van der Waals surface area contributed by atoms with Crippen LogP contribution in [0.25, 0.3) is 0 Å². The van der Waals surface area contributed by atoms with Crippen LogP contribution < -0.4 is 5.32 Å². The van der Waals surface area contributed by atoms with Crippen molar-refractivity contribution in [1.29, 1.82) is 0 Å². The van der Waals surface area contributed by atoms with Crippen molar-refractivity contribution in [3.05, 3.63) is 71.3 Å². The molecular weight excluding hydrogens is 330 g/mol. The molecule has 146 valence electrons. The van der Waals surface area contributed by atoms with Crippen LogP contribution in [0, 0.1) is 5.41 Å². The number of aliphatic hydroxyl groups excluding tert-OH is 1. The van der Waals surface area contributed by atoms with E-state index in [0.717, 1.165) is 19.4 Å². The van der Waals surface area contributed by atoms with Crippen molar-refractivity contribution in [2.24, 2.45) is 5.41 Å². The van der Waals surface area contributed by atoms with Crippen molar-refractivity contribution < 1.29 is 5.11 Å². The number of hydrogen-bond acceptors (Lipinski definition) is 2. The van der Waals surface area contributed by atoms with Crippen LogP contribution in [0.15, 0.2) is 54.6 Å². The normalized spacial score (nSPS) is 22.3. The molecule has 3 rings (SSSR count). The van der Waals surface area contributed by atoms with E-state index in [2.05, 4.69) is 74.6 Å². The highest BCUT2D eigenvalue weighted by Gasteiger charge is 2.33. The van der Waals surface area contributed by atoms with Crippen LogP contribution in [0.1, 0.15) is 57.2 Å². The first kappa shape index (κ1) is 20.1. The van der Waals surface area contributed by atoms with Crippen LogP contribution in [-0.2, 0) is 18.3 Å². The zero-order valence-electron chi connectivity index (χ0n) is 17.3. The van der Waals surface area contributed by atoms with Crippen LogP contribution >= 0.6 is 0 Å². The summed E-state index contributed by atoms with van der Waals surface area (Å²) < 4.78 is 0. The Morgan fingerprint density at radius 3 is 2.48 bits per heavy atom. The van der Waals surface area contributed by atoms with Crippen molar-refractivity contribution >= 4 is 0 Å². The molecule has 0 radical (unpaired) electrons. The molecule has 0 spiro atoms. The van der Waals surface area contributed by atoms with E-state index in [9.17, 15) is 5.11 Å². The highest BCUT2D eigenvalue weighted by Crippen LogP contribution is 2.36. The lowest BCUT2D eigenvalue weighted by molar-refractivity contribution is 0.0496. The number of aliphatic hydroxyl groups is 1. The Bertz CT molecular complexity index is 737. The van der Waals surface area contributed by atoms with Gasteiger partial charge in [0.1, 0.15) is 0 Å². The maximum atomic E-state index is 10.5. The third-order valence-electron chi connectivity index (χ3n) is 6.58. The molecule has 0 heterocycles. The van der Waals surface area contributed by atoms with Crippen LogP contribution in [-0.4, -0.2) is 23.8 Å². The second-order valence-corrected chi connectivity index (χ2v) is 9.35.